The lowest BCUT2D eigenvalue weighted by Gasteiger charge is -2.18. The zero-order chi connectivity index (χ0) is 22.3. The summed E-state index contributed by atoms with van der Waals surface area (Å²) in [4.78, 5) is 21.0. The second kappa shape index (κ2) is 10.5. The van der Waals surface area contributed by atoms with Gasteiger partial charge in [-0.25, -0.2) is 14.5 Å². The van der Waals surface area contributed by atoms with E-state index in [0.29, 0.717) is 17.2 Å². The van der Waals surface area contributed by atoms with Gasteiger partial charge in [-0.3, -0.25) is 4.98 Å². The fourth-order valence-corrected chi connectivity index (χ4v) is 4.49. The molecule has 1 fully saturated rings. The number of unbranched alkanes of at least 4 members (excludes halogenated alkanes) is 1. The summed E-state index contributed by atoms with van der Waals surface area (Å²) in [6, 6.07) is 10.9. The van der Waals surface area contributed by atoms with Gasteiger partial charge in [-0.2, -0.15) is 5.10 Å². The van der Waals surface area contributed by atoms with Gasteiger partial charge in [0.05, 0.1) is 11.3 Å². The summed E-state index contributed by atoms with van der Waals surface area (Å²) in [5.41, 5.74) is 2.70. The van der Waals surface area contributed by atoms with Crippen LogP contribution in [0.3, 0.4) is 0 Å². The number of hydrogen-bond acceptors (Lipinski definition) is 4. The van der Waals surface area contributed by atoms with Crippen molar-refractivity contribution < 1.29 is 9.90 Å². The van der Waals surface area contributed by atoms with Crippen LogP contribution in [0.1, 0.15) is 85.4 Å². The SMILES string of the molecule is CCCCc1nc(C2CCCCC2)nn1CCc1ccc(-c2ccccc2C(=O)O)nc1. The van der Waals surface area contributed by atoms with Crippen molar-refractivity contribution in [2.24, 2.45) is 0 Å². The lowest BCUT2D eigenvalue weighted by molar-refractivity contribution is 0.0697. The van der Waals surface area contributed by atoms with Crippen molar-refractivity contribution >= 4 is 5.97 Å². The molecule has 2 aromatic heterocycles. The predicted octanol–water partition coefficient (Wildman–Crippen LogP) is 5.67. The Balaban J connectivity index is 1.47. The van der Waals surface area contributed by atoms with Gasteiger partial charge in [-0.1, -0.05) is 56.9 Å². The third kappa shape index (κ3) is 5.23. The van der Waals surface area contributed by atoms with Gasteiger partial charge in [0.25, 0.3) is 0 Å². The van der Waals surface area contributed by atoms with Gasteiger partial charge in [0.1, 0.15) is 5.82 Å². The summed E-state index contributed by atoms with van der Waals surface area (Å²) >= 11 is 0. The fraction of sp³-hybridized carbons (Fsp3) is 0.462. The number of rotatable bonds is 9. The van der Waals surface area contributed by atoms with Crippen LogP contribution in [-0.2, 0) is 19.4 Å². The minimum absolute atomic E-state index is 0.270. The first-order valence-electron chi connectivity index (χ1n) is 11.9. The van der Waals surface area contributed by atoms with Crippen molar-refractivity contribution in [2.45, 2.75) is 77.2 Å². The van der Waals surface area contributed by atoms with Gasteiger partial charge < -0.3 is 5.11 Å². The average Bonchev–Trinajstić information content (AvgIpc) is 3.25. The molecule has 0 atom stereocenters. The van der Waals surface area contributed by atoms with Gasteiger partial charge in [-0.05, 0) is 43.4 Å². The molecule has 3 aromatic rings. The fourth-order valence-electron chi connectivity index (χ4n) is 4.49. The van der Waals surface area contributed by atoms with E-state index in [9.17, 15) is 9.90 Å². The van der Waals surface area contributed by atoms with E-state index in [2.05, 4.69) is 16.6 Å². The summed E-state index contributed by atoms with van der Waals surface area (Å²) in [7, 11) is 0. The topological polar surface area (TPSA) is 80.9 Å². The van der Waals surface area contributed by atoms with Crippen molar-refractivity contribution in [3.8, 4) is 11.3 Å². The molecular formula is C26H32N4O2. The van der Waals surface area contributed by atoms with E-state index < -0.39 is 5.97 Å². The lowest BCUT2D eigenvalue weighted by atomic mass is 9.89. The van der Waals surface area contributed by atoms with Gasteiger partial charge >= 0.3 is 5.97 Å². The Bertz CT molecular complexity index is 1040. The highest BCUT2D eigenvalue weighted by Gasteiger charge is 2.21. The van der Waals surface area contributed by atoms with Gasteiger partial charge in [-0.15, -0.1) is 0 Å². The Morgan fingerprint density at radius 3 is 2.62 bits per heavy atom. The molecule has 168 valence electrons. The van der Waals surface area contributed by atoms with E-state index in [-0.39, 0.29) is 5.56 Å². The molecule has 1 aliphatic rings. The highest BCUT2D eigenvalue weighted by Crippen LogP contribution is 2.31. The second-order valence-corrected chi connectivity index (χ2v) is 8.70. The number of carbonyl (C=O) groups is 1. The third-order valence-electron chi connectivity index (χ3n) is 6.36. The van der Waals surface area contributed by atoms with Crippen LogP contribution in [0.5, 0.6) is 0 Å². The molecule has 0 saturated heterocycles. The van der Waals surface area contributed by atoms with E-state index in [1.54, 1.807) is 18.2 Å². The van der Waals surface area contributed by atoms with Crippen molar-refractivity contribution in [3.63, 3.8) is 0 Å². The van der Waals surface area contributed by atoms with Crippen LogP contribution >= 0.6 is 0 Å². The number of nitrogens with zero attached hydrogens (tertiary/aromatic N) is 4. The molecule has 6 heteroatoms. The number of aromatic carboxylic acids is 1. The van der Waals surface area contributed by atoms with Crippen LogP contribution in [0, 0.1) is 0 Å². The number of benzene rings is 1. The van der Waals surface area contributed by atoms with Gasteiger partial charge in [0.2, 0.25) is 0 Å². The normalized spacial score (nSPS) is 14.5. The van der Waals surface area contributed by atoms with Crippen molar-refractivity contribution in [3.05, 3.63) is 65.4 Å². The third-order valence-corrected chi connectivity index (χ3v) is 6.36. The van der Waals surface area contributed by atoms with Crippen LogP contribution < -0.4 is 0 Å². The van der Waals surface area contributed by atoms with Gasteiger partial charge in [0, 0.05) is 30.6 Å². The predicted molar refractivity (Wildman–Crippen MR) is 125 cm³/mol. The summed E-state index contributed by atoms with van der Waals surface area (Å²) in [5.74, 6) is 1.72. The quantitative estimate of drug-likeness (QED) is 0.471. The Morgan fingerprint density at radius 2 is 1.91 bits per heavy atom. The molecule has 6 nitrogen and oxygen atoms in total. The van der Waals surface area contributed by atoms with Crippen LogP contribution in [0.4, 0.5) is 0 Å². The van der Waals surface area contributed by atoms with Crippen molar-refractivity contribution in [1.29, 1.82) is 0 Å². The standard InChI is InChI=1S/C26H32N4O2/c1-2-3-13-24-28-25(20-9-5-4-6-10-20)29-30(24)17-16-19-14-15-23(27-18-19)21-11-7-8-12-22(21)26(31)32/h7-8,11-12,14-15,18,20H,2-6,9-10,13,16-17H2,1H3,(H,31,32). The minimum Gasteiger partial charge on any atom is -0.478 e. The van der Waals surface area contributed by atoms with Gasteiger partial charge in [0.15, 0.2) is 5.82 Å². The molecule has 1 aliphatic carbocycles. The number of pyridine rings is 1. The Morgan fingerprint density at radius 1 is 1.09 bits per heavy atom. The van der Waals surface area contributed by atoms with E-state index in [0.717, 1.165) is 49.4 Å². The number of carboxylic acids is 1. The molecule has 1 aromatic carbocycles. The summed E-state index contributed by atoms with van der Waals surface area (Å²) in [5, 5.41) is 14.3. The molecule has 1 saturated carbocycles. The monoisotopic (exact) mass is 432 g/mol. The largest absolute Gasteiger partial charge is 0.478 e. The van der Waals surface area contributed by atoms with Crippen LogP contribution in [0.15, 0.2) is 42.6 Å². The maximum atomic E-state index is 11.5. The zero-order valence-corrected chi connectivity index (χ0v) is 18.8. The molecule has 0 bridgehead atoms. The summed E-state index contributed by atoms with van der Waals surface area (Å²) in [6.07, 6.45) is 12.2. The number of hydrogen-bond donors (Lipinski definition) is 1. The molecule has 0 radical (unpaired) electrons. The summed E-state index contributed by atoms with van der Waals surface area (Å²) < 4.78 is 2.10. The molecule has 0 aliphatic heterocycles. The van der Waals surface area contributed by atoms with Crippen molar-refractivity contribution in [1.82, 2.24) is 19.7 Å². The van der Waals surface area contributed by atoms with E-state index in [1.807, 2.05) is 24.4 Å². The molecule has 32 heavy (non-hydrogen) atoms. The van der Waals surface area contributed by atoms with E-state index in [4.69, 9.17) is 10.1 Å². The minimum atomic E-state index is -0.939. The number of aryl methyl sites for hydroxylation is 3. The Hall–Kier alpha value is -3.02. The summed E-state index contributed by atoms with van der Waals surface area (Å²) in [6.45, 7) is 2.99. The maximum absolute atomic E-state index is 11.5. The molecule has 1 N–H and O–H groups in total. The number of carboxylic acid groups (broad SMARTS) is 1. The molecular weight excluding hydrogens is 400 g/mol. The zero-order valence-electron chi connectivity index (χ0n) is 18.8. The van der Waals surface area contributed by atoms with Crippen molar-refractivity contribution in [2.75, 3.05) is 0 Å². The van der Waals surface area contributed by atoms with E-state index >= 15 is 0 Å². The first-order valence-corrected chi connectivity index (χ1v) is 11.9. The smallest absolute Gasteiger partial charge is 0.336 e. The Kier molecular flexibility index (Phi) is 7.30. The highest BCUT2D eigenvalue weighted by molar-refractivity contribution is 5.95. The molecule has 2 heterocycles. The number of aromatic nitrogens is 4. The average molecular weight is 433 g/mol. The molecule has 0 amide bonds. The van der Waals surface area contributed by atoms with Crippen LogP contribution in [0.2, 0.25) is 0 Å². The lowest BCUT2D eigenvalue weighted by Crippen LogP contribution is -2.10. The highest BCUT2D eigenvalue weighted by atomic mass is 16.4. The Labute approximate surface area is 189 Å². The van der Waals surface area contributed by atoms with Crippen LogP contribution in [-0.4, -0.2) is 30.8 Å². The molecule has 0 spiro atoms. The second-order valence-electron chi connectivity index (χ2n) is 8.70. The van der Waals surface area contributed by atoms with Crippen LogP contribution in [0.25, 0.3) is 11.3 Å². The molecule has 0 unspecified atom stereocenters. The molecule has 4 rings (SSSR count). The van der Waals surface area contributed by atoms with E-state index in [1.165, 1.54) is 32.1 Å². The first-order chi connectivity index (χ1) is 15.7. The maximum Gasteiger partial charge on any atom is 0.336 e. The first kappa shape index (κ1) is 22.2.